The van der Waals surface area contributed by atoms with Gasteiger partial charge in [-0.25, -0.2) is 9.24 Å². The number of benzene rings is 4. The Hall–Kier alpha value is -5.56. The Kier molecular flexibility index (Phi) is 7.53. The summed E-state index contributed by atoms with van der Waals surface area (Å²) in [6.07, 6.45) is 0. The van der Waals surface area contributed by atoms with E-state index in [1.165, 1.54) is 6.07 Å². The van der Waals surface area contributed by atoms with Crippen LogP contribution in [0.2, 0.25) is 0 Å². The Labute approximate surface area is 252 Å². The summed E-state index contributed by atoms with van der Waals surface area (Å²) < 4.78 is 26.0. The number of para-hydroxylation sites is 1. The lowest BCUT2D eigenvalue weighted by atomic mass is 9.93. The number of nitrogens with zero attached hydrogens (tertiary/aromatic N) is 1. The molecule has 7 rings (SSSR count). The molecule has 0 radical (unpaired) electrons. The predicted octanol–water partition coefficient (Wildman–Crippen LogP) is 6.33. The van der Waals surface area contributed by atoms with Crippen molar-refractivity contribution >= 4 is 44.8 Å². The van der Waals surface area contributed by atoms with Crippen LogP contribution in [0, 0.1) is 12.4 Å². The molecule has 0 saturated carbocycles. The van der Waals surface area contributed by atoms with Gasteiger partial charge in [-0.2, -0.15) is 0 Å². The number of hydrogen-bond donors (Lipinski definition) is 4. The predicted molar refractivity (Wildman–Crippen MR) is 170 cm³/mol. The van der Waals surface area contributed by atoms with Gasteiger partial charge in [0.25, 0.3) is 5.91 Å². The SMILES string of the molecule is CC(C)(NC(=O)c1cc2[nH]c3ccccc3c(=O)c2cc1F)c1ccc2c(c1)OCCN2.[C-]#[N+]c1ccc2c(c1)OCCN2. The van der Waals surface area contributed by atoms with Crippen molar-refractivity contribution in [2.45, 2.75) is 19.4 Å². The molecule has 1 amide bonds. The average Bonchev–Trinajstić information content (AvgIpc) is 3.04. The summed E-state index contributed by atoms with van der Waals surface area (Å²) in [5, 5.41) is 10.0. The second-order valence-corrected chi connectivity index (χ2v) is 11.0. The Balaban J connectivity index is 0.000000238. The zero-order valence-electron chi connectivity index (χ0n) is 24.2. The van der Waals surface area contributed by atoms with Gasteiger partial charge < -0.3 is 30.4 Å². The molecule has 10 heteroatoms. The van der Waals surface area contributed by atoms with Crippen molar-refractivity contribution in [3.63, 3.8) is 0 Å². The number of carbonyl (C=O) groups is 1. The van der Waals surface area contributed by atoms with E-state index in [4.69, 9.17) is 16.0 Å². The van der Waals surface area contributed by atoms with E-state index in [1.807, 2.05) is 44.2 Å². The van der Waals surface area contributed by atoms with Gasteiger partial charge in [0.05, 0.1) is 34.6 Å². The van der Waals surface area contributed by atoms with Crippen LogP contribution in [0.3, 0.4) is 0 Å². The van der Waals surface area contributed by atoms with Crippen LogP contribution in [0.15, 0.2) is 77.6 Å². The Morgan fingerprint density at radius 3 is 2.30 bits per heavy atom. The molecule has 0 unspecified atom stereocenters. The minimum Gasteiger partial charge on any atom is -0.491 e. The van der Waals surface area contributed by atoms with Gasteiger partial charge in [-0.3, -0.25) is 9.59 Å². The molecule has 222 valence electrons. The number of nitrogens with one attached hydrogen (secondary N) is 4. The molecule has 0 spiro atoms. The maximum absolute atomic E-state index is 14.9. The first-order valence-corrected chi connectivity index (χ1v) is 14.2. The third kappa shape index (κ3) is 5.60. The second kappa shape index (κ2) is 11.6. The first-order chi connectivity index (χ1) is 21.2. The standard InChI is InChI=1S/C25H22FN3O3.C9H8N2O/c1-25(2,14-7-8-20-22(11-14)32-10-9-27-20)29-24(31)16-13-21-17(12-18(16)26)23(30)15-5-3-4-6-19(15)28-21;1-10-7-2-3-8-9(6-7)12-5-4-11-8/h3-8,11-13,27H,9-10H2,1-2H3,(H,28,30)(H,29,31);2-3,6,11H,4-5H2. The number of fused-ring (bicyclic) bond motifs is 4. The highest BCUT2D eigenvalue weighted by molar-refractivity contribution is 6.00. The molecule has 5 aromatic rings. The van der Waals surface area contributed by atoms with E-state index in [0.29, 0.717) is 35.3 Å². The van der Waals surface area contributed by atoms with Gasteiger partial charge in [0.2, 0.25) is 0 Å². The van der Waals surface area contributed by atoms with Gasteiger partial charge >= 0.3 is 0 Å². The van der Waals surface area contributed by atoms with Crippen molar-refractivity contribution in [3.8, 4) is 11.5 Å². The van der Waals surface area contributed by atoms with Crippen LogP contribution in [0.4, 0.5) is 21.5 Å². The fraction of sp³-hybridized carbons (Fsp3) is 0.206. The van der Waals surface area contributed by atoms with E-state index in [0.717, 1.165) is 47.6 Å². The summed E-state index contributed by atoms with van der Waals surface area (Å²) in [6, 6.07) is 20.6. The minimum atomic E-state index is -0.787. The van der Waals surface area contributed by atoms with Gasteiger partial charge in [-0.15, -0.1) is 0 Å². The molecule has 0 aliphatic carbocycles. The highest BCUT2D eigenvalue weighted by Crippen LogP contribution is 2.33. The maximum Gasteiger partial charge on any atom is 0.255 e. The molecule has 0 saturated heterocycles. The molecule has 44 heavy (non-hydrogen) atoms. The Bertz CT molecular complexity index is 2010. The summed E-state index contributed by atoms with van der Waals surface area (Å²) in [5.41, 5.74) is 3.18. The number of hydrogen-bond acceptors (Lipinski definition) is 6. The lowest BCUT2D eigenvalue weighted by molar-refractivity contribution is 0.0908. The summed E-state index contributed by atoms with van der Waals surface area (Å²) in [6.45, 7) is 13.3. The lowest BCUT2D eigenvalue weighted by Gasteiger charge is -2.29. The molecule has 9 nitrogen and oxygen atoms in total. The third-order valence-corrected chi connectivity index (χ3v) is 7.61. The summed E-state index contributed by atoms with van der Waals surface area (Å²) in [7, 11) is 0. The number of anilines is 2. The van der Waals surface area contributed by atoms with E-state index in [-0.39, 0.29) is 16.4 Å². The normalized spacial score (nSPS) is 13.4. The van der Waals surface area contributed by atoms with Crippen molar-refractivity contribution in [3.05, 3.63) is 111 Å². The van der Waals surface area contributed by atoms with Crippen LogP contribution in [0.5, 0.6) is 11.5 Å². The molecule has 4 N–H and O–H groups in total. The van der Waals surface area contributed by atoms with E-state index in [2.05, 4.69) is 25.8 Å². The number of ether oxygens (including phenoxy) is 2. The number of aromatic nitrogens is 1. The first kappa shape index (κ1) is 28.6. The number of halogens is 1. The van der Waals surface area contributed by atoms with Crippen LogP contribution in [0.25, 0.3) is 26.7 Å². The molecule has 0 bridgehead atoms. The number of amides is 1. The van der Waals surface area contributed by atoms with Gasteiger partial charge in [0, 0.05) is 29.4 Å². The number of aromatic amines is 1. The summed E-state index contributed by atoms with van der Waals surface area (Å²) >= 11 is 0. The van der Waals surface area contributed by atoms with Crippen LogP contribution in [-0.4, -0.2) is 37.2 Å². The third-order valence-electron chi connectivity index (χ3n) is 7.61. The molecule has 2 aliphatic heterocycles. The molecular weight excluding hydrogens is 561 g/mol. The molecule has 3 heterocycles. The van der Waals surface area contributed by atoms with Crippen LogP contribution in [-0.2, 0) is 5.54 Å². The monoisotopic (exact) mass is 591 g/mol. The topological polar surface area (TPSA) is 109 Å². The zero-order valence-corrected chi connectivity index (χ0v) is 24.2. The number of rotatable bonds is 3. The lowest BCUT2D eigenvalue weighted by Crippen LogP contribution is -2.41. The Morgan fingerprint density at radius 2 is 1.57 bits per heavy atom. The quantitative estimate of drug-likeness (QED) is 0.144. The van der Waals surface area contributed by atoms with Gasteiger partial charge in [0.1, 0.15) is 30.5 Å². The van der Waals surface area contributed by atoms with Crippen molar-refractivity contribution in [1.29, 1.82) is 0 Å². The zero-order chi connectivity index (χ0) is 30.8. The Morgan fingerprint density at radius 1 is 0.886 bits per heavy atom. The summed E-state index contributed by atoms with van der Waals surface area (Å²) in [5.74, 6) is 0.192. The first-order valence-electron chi connectivity index (χ1n) is 14.2. The number of pyridine rings is 1. The van der Waals surface area contributed by atoms with E-state index >= 15 is 0 Å². The van der Waals surface area contributed by atoms with Gasteiger partial charge in [-0.05, 0) is 67.9 Å². The van der Waals surface area contributed by atoms with Gasteiger partial charge in [-0.1, -0.05) is 24.3 Å². The molecule has 1 aromatic heterocycles. The highest BCUT2D eigenvalue weighted by Gasteiger charge is 2.27. The largest absolute Gasteiger partial charge is 0.491 e. The fourth-order valence-electron chi connectivity index (χ4n) is 5.26. The summed E-state index contributed by atoms with van der Waals surface area (Å²) in [4.78, 5) is 32.2. The number of H-pyrrole nitrogens is 1. The minimum absolute atomic E-state index is 0.132. The van der Waals surface area contributed by atoms with Crippen molar-refractivity contribution in [2.75, 3.05) is 36.9 Å². The molecule has 0 fully saturated rings. The maximum atomic E-state index is 14.9. The molecule has 2 aliphatic rings. The van der Waals surface area contributed by atoms with Crippen LogP contribution < -0.4 is 30.9 Å². The van der Waals surface area contributed by atoms with Crippen LogP contribution in [0.1, 0.15) is 29.8 Å². The average molecular weight is 592 g/mol. The molecule has 4 aromatic carbocycles. The molecular formula is C34H30FN5O4. The second-order valence-electron chi connectivity index (χ2n) is 11.0. The van der Waals surface area contributed by atoms with Gasteiger partial charge in [0.15, 0.2) is 11.1 Å². The fourth-order valence-corrected chi connectivity index (χ4v) is 5.26. The van der Waals surface area contributed by atoms with Crippen molar-refractivity contribution in [2.24, 2.45) is 0 Å². The van der Waals surface area contributed by atoms with E-state index in [9.17, 15) is 14.0 Å². The smallest absolute Gasteiger partial charge is 0.255 e. The van der Waals surface area contributed by atoms with Crippen molar-refractivity contribution in [1.82, 2.24) is 10.3 Å². The van der Waals surface area contributed by atoms with Crippen LogP contribution >= 0.6 is 0 Å². The van der Waals surface area contributed by atoms with E-state index in [1.54, 1.807) is 30.3 Å². The molecule has 0 atom stereocenters. The highest BCUT2D eigenvalue weighted by atomic mass is 19.1. The number of carbonyl (C=O) groups excluding carboxylic acids is 1. The van der Waals surface area contributed by atoms with Crippen molar-refractivity contribution < 1.29 is 18.7 Å². The van der Waals surface area contributed by atoms with E-state index < -0.39 is 17.3 Å².